The summed E-state index contributed by atoms with van der Waals surface area (Å²) >= 11 is 0. The number of aromatic nitrogens is 4. The summed E-state index contributed by atoms with van der Waals surface area (Å²) in [6.45, 7) is 0.830. The van der Waals surface area contributed by atoms with E-state index in [1.54, 1.807) is 0 Å². The molecule has 5 rings (SSSR count). The van der Waals surface area contributed by atoms with Crippen LogP contribution < -0.4 is 5.73 Å². The van der Waals surface area contributed by atoms with Gasteiger partial charge in [-0.1, -0.05) is 6.07 Å². The van der Waals surface area contributed by atoms with E-state index in [0.29, 0.717) is 5.82 Å². The highest BCUT2D eigenvalue weighted by Crippen LogP contribution is 2.34. The lowest BCUT2D eigenvalue weighted by Crippen LogP contribution is -2.11. The summed E-state index contributed by atoms with van der Waals surface area (Å²) < 4.78 is 5.91. The number of rotatable bonds is 2. The Morgan fingerprint density at radius 1 is 1.12 bits per heavy atom. The predicted octanol–water partition coefficient (Wildman–Crippen LogP) is 3.93. The van der Waals surface area contributed by atoms with E-state index in [1.807, 2.05) is 18.3 Å². The first kappa shape index (κ1) is 14.5. The standard InChI is InChI=1S/C19H19N5O/c20-18-14-9-11(4-5-15(14)23-24-18)12-6-7-21-19-13(12)10-16(22-19)17-3-1-2-8-25-17/h4-7,9-10,17H,1-3,8H2,(H,21,22)(H3,20,23,24). The van der Waals surface area contributed by atoms with Gasteiger partial charge in [-0.2, -0.15) is 5.10 Å². The molecular weight excluding hydrogens is 314 g/mol. The van der Waals surface area contributed by atoms with Gasteiger partial charge in [-0.15, -0.1) is 0 Å². The molecule has 1 saturated heterocycles. The monoisotopic (exact) mass is 333 g/mol. The van der Waals surface area contributed by atoms with E-state index >= 15 is 0 Å². The van der Waals surface area contributed by atoms with Gasteiger partial charge in [0.1, 0.15) is 5.65 Å². The first-order valence-corrected chi connectivity index (χ1v) is 8.63. The molecule has 0 bridgehead atoms. The lowest BCUT2D eigenvalue weighted by atomic mass is 10.0. The highest BCUT2D eigenvalue weighted by Gasteiger charge is 2.19. The maximum Gasteiger partial charge on any atom is 0.153 e. The number of pyridine rings is 1. The minimum atomic E-state index is 0.141. The summed E-state index contributed by atoms with van der Waals surface area (Å²) in [5.41, 5.74) is 11.1. The zero-order valence-electron chi connectivity index (χ0n) is 13.7. The fourth-order valence-corrected chi connectivity index (χ4v) is 3.66. The molecule has 1 aromatic carbocycles. The molecule has 1 unspecified atom stereocenters. The molecule has 4 aromatic rings. The van der Waals surface area contributed by atoms with E-state index in [1.165, 1.54) is 6.42 Å². The van der Waals surface area contributed by atoms with E-state index in [-0.39, 0.29) is 6.10 Å². The summed E-state index contributed by atoms with van der Waals surface area (Å²) in [6, 6.07) is 10.4. The van der Waals surface area contributed by atoms with Crippen molar-refractivity contribution in [1.29, 1.82) is 0 Å². The molecule has 3 aromatic heterocycles. The number of hydrogen-bond donors (Lipinski definition) is 3. The van der Waals surface area contributed by atoms with Crippen LogP contribution in [0.25, 0.3) is 33.1 Å². The van der Waals surface area contributed by atoms with Crippen LogP contribution in [0.1, 0.15) is 31.1 Å². The van der Waals surface area contributed by atoms with Gasteiger partial charge in [0.2, 0.25) is 0 Å². The number of benzene rings is 1. The van der Waals surface area contributed by atoms with Crippen LogP contribution in [0.4, 0.5) is 5.82 Å². The molecule has 0 radical (unpaired) electrons. The molecule has 1 atom stereocenters. The highest BCUT2D eigenvalue weighted by molar-refractivity contribution is 5.98. The Morgan fingerprint density at radius 2 is 2.08 bits per heavy atom. The number of anilines is 1. The van der Waals surface area contributed by atoms with Crippen molar-refractivity contribution in [1.82, 2.24) is 20.2 Å². The first-order valence-electron chi connectivity index (χ1n) is 8.63. The molecule has 1 fully saturated rings. The molecule has 4 heterocycles. The number of nitrogens with zero attached hydrogens (tertiary/aromatic N) is 2. The Kier molecular flexibility index (Phi) is 3.24. The molecule has 6 nitrogen and oxygen atoms in total. The first-order chi connectivity index (χ1) is 12.3. The van der Waals surface area contributed by atoms with Crippen LogP contribution in [0.3, 0.4) is 0 Å². The van der Waals surface area contributed by atoms with Gasteiger partial charge in [0.15, 0.2) is 5.82 Å². The van der Waals surface area contributed by atoms with Crippen LogP contribution >= 0.6 is 0 Å². The largest absolute Gasteiger partial charge is 0.382 e. The molecule has 4 N–H and O–H groups in total. The average Bonchev–Trinajstić information content (AvgIpc) is 3.26. The van der Waals surface area contributed by atoms with Gasteiger partial charge in [0, 0.05) is 29.3 Å². The van der Waals surface area contributed by atoms with Gasteiger partial charge in [0.25, 0.3) is 0 Å². The van der Waals surface area contributed by atoms with Gasteiger partial charge in [-0.3, -0.25) is 5.10 Å². The van der Waals surface area contributed by atoms with Gasteiger partial charge in [0.05, 0.1) is 11.6 Å². The molecule has 0 saturated carbocycles. The summed E-state index contributed by atoms with van der Waals surface area (Å²) in [4.78, 5) is 7.94. The number of aromatic amines is 2. The van der Waals surface area contributed by atoms with E-state index < -0.39 is 0 Å². The third kappa shape index (κ3) is 2.37. The number of nitrogen functional groups attached to an aromatic ring is 1. The number of nitrogens with two attached hydrogens (primary N) is 1. The Hall–Kier alpha value is -2.86. The van der Waals surface area contributed by atoms with Crippen molar-refractivity contribution in [3.8, 4) is 11.1 Å². The molecule has 1 aliphatic rings. The fourth-order valence-electron chi connectivity index (χ4n) is 3.66. The van der Waals surface area contributed by atoms with Gasteiger partial charge in [-0.25, -0.2) is 4.98 Å². The van der Waals surface area contributed by atoms with Crippen LogP contribution in [0.15, 0.2) is 36.5 Å². The van der Waals surface area contributed by atoms with Crippen molar-refractivity contribution < 1.29 is 4.74 Å². The second-order valence-corrected chi connectivity index (χ2v) is 6.57. The molecule has 6 heteroatoms. The normalized spacial score (nSPS) is 18.2. The SMILES string of the molecule is Nc1n[nH]c2ccc(-c3ccnc4[nH]c(C5CCCCO5)cc34)cc12. The van der Waals surface area contributed by atoms with Crippen molar-refractivity contribution in [2.24, 2.45) is 0 Å². The van der Waals surface area contributed by atoms with Crippen LogP contribution in [0.2, 0.25) is 0 Å². The number of nitrogens with one attached hydrogen (secondary N) is 2. The Morgan fingerprint density at radius 3 is 2.96 bits per heavy atom. The van der Waals surface area contributed by atoms with Crippen molar-refractivity contribution >= 4 is 27.8 Å². The van der Waals surface area contributed by atoms with Crippen molar-refractivity contribution in [3.63, 3.8) is 0 Å². The second-order valence-electron chi connectivity index (χ2n) is 6.57. The number of H-pyrrole nitrogens is 2. The zero-order chi connectivity index (χ0) is 16.8. The zero-order valence-corrected chi connectivity index (χ0v) is 13.7. The van der Waals surface area contributed by atoms with Crippen LogP contribution in [-0.4, -0.2) is 26.8 Å². The van der Waals surface area contributed by atoms with E-state index in [9.17, 15) is 0 Å². The highest BCUT2D eigenvalue weighted by atomic mass is 16.5. The molecule has 1 aliphatic heterocycles. The van der Waals surface area contributed by atoms with Crippen molar-refractivity contribution in [3.05, 3.63) is 42.2 Å². The van der Waals surface area contributed by atoms with Crippen LogP contribution in [0, 0.1) is 0 Å². The maximum absolute atomic E-state index is 5.96. The molecule has 25 heavy (non-hydrogen) atoms. The smallest absolute Gasteiger partial charge is 0.153 e. The number of ether oxygens (including phenoxy) is 1. The van der Waals surface area contributed by atoms with E-state index in [4.69, 9.17) is 10.5 Å². The Bertz CT molecular complexity index is 1060. The third-order valence-electron chi connectivity index (χ3n) is 4.98. The lowest BCUT2D eigenvalue weighted by molar-refractivity contribution is 0.0127. The maximum atomic E-state index is 5.96. The minimum Gasteiger partial charge on any atom is -0.382 e. The fraction of sp³-hybridized carbons (Fsp3) is 0.263. The summed E-state index contributed by atoms with van der Waals surface area (Å²) in [7, 11) is 0. The third-order valence-corrected chi connectivity index (χ3v) is 4.98. The van der Waals surface area contributed by atoms with Gasteiger partial charge in [-0.05, 0) is 54.7 Å². The minimum absolute atomic E-state index is 0.141. The Labute approximate surface area is 144 Å². The second kappa shape index (κ2) is 5.60. The topological polar surface area (TPSA) is 92.6 Å². The number of hydrogen-bond acceptors (Lipinski definition) is 4. The summed E-state index contributed by atoms with van der Waals surface area (Å²) in [6.07, 6.45) is 5.38. The van der Waals surface area contributed by atoms with Gasteiger partial charge >= 0.3 is 0 Å². The molecule has 0 aliphatic carbocycles. The molecule has 126 valence electrons. The van der Waals surface area contributed by atoms with Gasteiger partial charge < -0.3 is 15.5 Å². The average molecular weight is 333 g/mol. The van der Waals surface area contributed by atoms with E-state index in [2.05, 4.69) is 38.4 Å². The summed E-state index contributed by atoms with van der Waals surface area (Å²) in [5.74, 6) is 0.521. The quantitative estimate of drug-likeness (QED) is 0.518. The Balaban J connectivity index is 1.64. The van der Waals surface area contributed by atoms with Crippen molar-refractivity contribution in [2.75, 3.05) is 12.3 Å². The van der Waals surface area contributed by atoms with E-state index in [0.717, 1.165) is 58.2 Å². The lowest BCUT2D eigenvalue weighted by Gasteiger charge is -2.21. The molecular formula is C19H19N5O. The van der Waals surface area contributed by atoms with Crippen molar-refractivity contribution in [2.45, 2.75) is 25.4 Å². The number of fused-ring (bicyclic) bond motifs is 2. The van der Waals surface area contributed by atoms with Crippen LogP contribution in [-0.2, 0) is 4.74 Å². The molecule has 0 spiro atoms. The predicted molar refractivity (Wildman–Crippen MR) is 98.1 cm³/mol. The molecule has 0 amide bonds. The summed E-state index contributed by atoms with van der Waals surface area (Å²) in [5, 5.41) is 9.06. The van der Waals surface area contributed by atoms with Crippen LogP contribution in [0.5, 0.6) is 0 Å².